The lowest BCUT2D eigenvalue weighted by molar-refractivity contribution is 0.260. The standard InChI is InChI=1S/C26H34N4O5/c1-6-10-34-21-12-16(11-18-19(7-2)29-26(28)30-25(18)27)8-9-20(21)35-15-17-13-22(31-3)24(33-5)23(14-17)32-4/h8-9,12-14H,6-7,10-11,15H2,1-5H3,(H4,27,28,29,30). The van der Waals surface area contributed by atoms with Crippen LogP contribution in [0.4, 0.5) is 11.8 Å². The summed E-state index contributed by atoms with van der Waals surface area (Å²) in [7, 11) is 4.74. The highest BCUT2D eigenvalue weighted by molar-refractivity contribution is 5.54. The fourth-order valence-electron chi connectivity index (χ4n) is 3.74. The zero-order valence-electron chi connectivity index (χ0n) is 21.0. The van der Waals surface area contributed by atoms with Crippen LogP contribution < -0.4 is 35.2 Å². The normalized spacial score (nSPS) is 10.7. The molecular weight excluding hydrogens is 448 g/mol. The van der Waals surface area contributed by atoms with Gasteiger partial charge in [-0.05, 0) is 48.2 Å². The van der Waals surface area contributed by atoms with Crippen molar-refractivity contribution in [1.82, 2.24) is 9.97 Å². The molecule has 0 aliphatic carbocycles. The first-order valence-electron chi connectivity index (χ1n) is 11.5. The van der Waals surface area contributed by atoms with Crippen molar-refractivity contribution in [3.8, 4) is 28.7 Å². The number of nitrogens with two attached hydrogens (primary N) is 2. The van der Waals surface area contributed by atoms with Gasteiger partial charge in [0, 0.05) is 12.0 Å². The van der Waals surface area contributed by atoms with Gasteiger partial charge in [-0.3, -0.25) is 0 Å². The Kier molecular flexibility index (Phi) is 8.83. The fourth-order valence-corrected chi connectivity index (χ4v) is 3.74. The van der Waals surface area contributed by atoms with E-state index in [1.807, 2.05) is 37.3 Å². The van der Waals surface area contributed by atoms with E-state index in [-0.39, 0.29) is 12.6 Å². The zero-order valence-corrected chi connectivity index (χ0v) is 21.0. The zero-order chi connectivity index (χ0) is 25.4. The topological polar surface area (TPSA) is 124 Å². The Balaban J connectivity index is 1.86. The van der Waals surface area contributed by atoms with Crippen LogP contribution >= 0.6 is 0 Å². The van der Waals surface area contributed by atoms with Gasteiger partial charge in [0.1, 0.15) is 12.4 Å². The molecule has 0 aliphatic heterocycles. The van der Waals surface area contributed by atoms with Crippen LogP contribution in [-0.4, -0.2) is 37.9 Å². The monoisotopic (exact) mass is 482 g/mol. The second-order valence-electron chi connectivity index (χ2n) is 7.87. The molecule has 0 fully saturated rings. The minimum absolute atomic E-state index is 0.186. The van der Waals surface area contributed by atoms with Crippen molar-refractivity contribution < 1.29 is 23.7 Å². The van der Waals surface area contributed by atoms with Crippen molar-refractivity contribution in [2.45, 2.75) is 39.7 Å². The van der Waals surface area contributed by atoms with E-state index in [9.17, 15) is 0 Å². The van der Waals surface area contributed by atoms with Gasteiger partial charge < -0.3 is 35.2 Å². The average Bonchev–Trinajstić information content (AvgIpc) is 2.87. The van der Waals surface area contributed by atoms with Gasteiger partial charge in [-0.25, -0.2) is 4.98 Å². The fraction of sp³-hybridized carbons (Fsp3) is 0.385. The highest BCUT2D eigenvalue weighted by Crippen LogP contribution is 2.39. The van der Waals surface area contributed by atoms with Crippen LogP contribution in [-0.2, 0) is 19.4 Å². The van der Waals surface area contributed by atoms with Crippen molar-refractivity contribution >= 4 is 11.8 Å². The van der Waals surface area contributed by atoms with Crippen molar-refractivity contribution in [1.29, 1.82) is 0 Å². The van der Waals surface area contributed by atoms with E-state index >= 15 is 0 Å². The molecule has 0 atom stereocenters. The Bertz CT molecular complexity index is 1130. The molecule has 1 aromatic heterocycles. The van der Waals surface area contributed by atoms with Crippen molar-refractivity contribution in [3.05, 3.63) is 52.7 Å². The Labute approximate surface area is 206 Å². The van der Waals surface area contributed by atoms with Gasteiger partial charge in [-0.1, -0.05) is 19.9 Å². The van der Waals surface area contributed by atoms with Gasteiger partial charge in [0.05, 0.1) is 33.6 Å². The molecule has 0 aliphatic rings. The summed E-state index contributed by atoms with van der Waals surface area (Å²) in [6.45, 7) is 4.93. The number of nitrogens with zero attached hydrogens (tertiary/aromatic N) is 2. The van der Waals surface area contributed by atoms with E-state index in [0.717, 1.165) is 28.8 Å². The predicted octanol–water partition coefficient (Wildman–Crippen LogP) is 4.19. The Morgan fingerprint density at radius 2 is 1.46 bits per heavy atom. The Morgan fingerprint density at radius 1 is 0.771 bits per heavy atom. The molecule has 2 aromatic carbocycles. The first kappa shape index (κ1) is 25.7. The predicted molar refractivity (Wildman–Crippen MR) is 136 cm³/mol. The number of rotatable bonds is 12. The van der Waals surface area contributed by atoms with Crippen molar-refractivity contribution in [2.24, 2.45) is 0 Å². The van der Waals surface area contributed by atoms with Crippen LogP contribution in [0.1, 0.15) is 42.7 Å². The van der Waals surface area contributed by atoms with Crippen molar-refractivity contribution in [3.63, 3.8) is 0 Å². The molecule has 188 valence electrons. The number of anilines is 2. The second kappa shape index (κ2) is 12.0. The van der Waals surface area contributed by atoms with Crippen LogP contribution in [0.25, 0.3) is 0 Å². The number of ether oxygens (including phenoxy) is 5. The first-order chi connectivity index (χ1) is 16.9. The lowest BCUT2D eigenvalue weighted by Crippen LogP contribution is -2.09. The van der Waals surface area contributed by atoms with Crippen LogP contribution in [0.3, 0.4) is 0 Å². The highest BCUT2D eigenvalue weighted by atomic mass is 16.5. The average molecular weight is 483 g/mol. The van der Waals surface area contributed by atoms with Crippen LogP contribution in [0, 0.1) is 0 Å². The van der Waals surface area contributed by atoms with Crippen LogP contribution in [0.15, 0.2) is 30.3 Å². The molecule has 9 heteroatoms. The minimum atomic E-state index is 0.186. The van der Waals surface area contributed by atoms with Gasteiger partial charge in [0.25, 0.3) is 0 Å². The molecule has 0 amide bonds. The van der Waals surface area contributed by atoms with Gasteiger partial charge in [0.15, 0.2) is 23.0 Å². The number of aryl methyl sites for hydroxylation is 1. The third kappa shape index (κ3) is 6.17. The van der Waals surface area contributed by atoms with E-state index in [1.54, 1.807) is 21.3 Å². The van der Waals surface area contributed by atoms with Crippen LogP contribution in [0.2, 0.25) is 0 Å². The van der Waals surface area contributed by atoms with E-state index in [0.29, 0.717) is 54.0 Å². The first-order valence-corrected chi connectivity index (χ1v) is 11.5. The molecular formula is C26H34N4O5. The summed E-state index contributed by atoms with van der Waals surface area (Å²) >= 11 is 0. The summed E-state index contributed by atoms with van der Waals surface area (Å²) in [5.74, 6) is 3.54. The molecule has 35 heavy (non-hydrogen) atoms. The largest absolute Gasteiger partial charge is 0.493 e. The molecule has 3 rings (SSSR count). The number of methoxy groups -OCH3 is 3. The molecule has 1 heterocycles. The minimum Gasteiger partial charge on any atom is -0.493 e. The maximum Gasteiger partial charge on any atom is 0.222 e. The molecule has 0 unspecified atom stereocenters. The smallest absolute Gasteiger partial charge is 0.222 e. The number of aromatic nitrogens is 2. The number of benzene rings is 2. The van der Waals surface area contributed by atoms with Gasteiger partial charge in [-0.2, -0.15) is 4.98 Å². The van der Waals surface area contributed by atoms with Gasteiger partial charge in [0.2, 0.25) is 11.7 Å². The number of hydrogen-bond donors (Lipinski definition) is 2. The quantitative estimate of drug-likeness (QED) is 0.391. The molecule has 0 saturated carbocycles. The molecule has 0 saturated heterocycles. The summed E-state index contributed by atoms with van der Waals surface area (Å²) < 4.78 is 28.4. The molecule has 0 bridgehead atoms. The van der Waals surface area contributed by atoms with E-state index in [1.165, 1.54) is 0 Å². The molecule has 0 spiro atoms. The second-order valence-corrected chi connectivity index (χ2v) is 7.87. The number of nitrogen functional groups attached to an aromatic ring is 2. The van der Waals surface area contributed by atoms with Crippen molar-refractivity contribution in [2.75, 3.05) is 39.4 Å². The molecule has 0 radical (unpaired) electrons. The summed E-state index contributed by atoms with van der Waals surface area (Å²) in [4.78, 5) is 8.47. The third-order valence-electron chi connectivity index (χ3n) is 5.45. The van der Waals surface area contributed by atoms with E-state index < -0.39 is 0 Å². The summed E-state index contributed by atoms with van der Waals surface area (Å²) in [6.07, 6.45) is 2.14. The van der Waals surface area contributed by atoms with Gasteiger partial charge in [-0.15, -0.1) is 0 Å². The maximum absolute atomic E-state index is 6.16. The number of hydrogen-bond acceptors (Lipinski definition) is 9. The summed E-state index contributed by atoms with van der Waals surface area (Å²) in [5, 5.41) is 0. The maximum atomic E-state index is 6.16. The molecule has 3 aromatic rings. The lowest BCUT2D eigenvalue weighted by Gasteiger charge is -2.17. The third-order valence-corrected chi connectivity index (χ3v) is 5.45. The molecule has 9 nitrogen and oxygen atoms in total. The Hall–Kier alpha value is -3.88. The van der Waals surface area contributed by atoms with E-state index in [2.05, 4.69) is 16.9 Å². The van der Waals surface area contributed by atoms with Crippen LogP contribution in [0.5, 0.6) is 28.7 Å². The van der Waals surface area contributed by atoms with E-state index in [4.69, 9.17) is 35.2 Å². The summed E-state index contributed by atoms with van der Waals surface area (Å²) in [6, 6.07) is 9.57. The van der Waals surface area contributed by atoms with Gasteiger partial charge >= 0.3 is 0 Å². The lowest BCUT2D eigenvalue weighted by atomic mass is 10.0. The summed E-state index contributed by atoms with van der Waals surface area (Å²) in [5.41, 5.74) is 15.5. The Morgan fingerprint density at radius 3 is 2.06 bits per heavy atom. The SMILES string of the molecule is CCCOc1cc(Cc2c(N)nc(N)nc2CC)ccc1OCc1cc(OC)c(OC)c(OC)c1. The molecule has 4 N–H and O–H groups in total. The highest BCUT2D eigenvalue weighted by Gasteiger charge is 2.16.